The number of carbonyl (C=O) groups is 1. The van der Waals surface area contributed by atoms with Gasteiger partial charge in [0.2, 0.25) is 0 Å². The van der Waals surface area contributed by atoms with Crippen molar-refractivity contribution in [3.63, 3.8) is 0 Å². The molecule has 0 unspecified atom stereocenters. The summed E-state index contributed by atoms with van der Waals surface area (Å²) < 4.78 is 0. The normalized spacial score (nSPS) is 12.1. The first-order chi connectivity index (χ1) is 16.3. The molecule has 34 heavy (non-hydrogen) atoms. The van der Waals surface area contributed by atoms with Gasteiger partial charge in [-0.25, -0.2) is 4.79 Å². The van der Waals surface area contributed by atoms with E-state index in [2.05, 4.69) is 60.4 Å². The van der Waals surface area contributed by atoms with Gasteiger partial charge in [-0.1, -0.05) is 81.4 Å². The summed E-state index contributed by atoms with van der Waals surface area (Å²) in [4.78, 5) is 22.1. The quantitative estimate of drug-likeness (QED) is 0.343. The number of aryl methyl sites for hydroxylation is 1. The van der Waals surface area contributed by atoms with E-state index in [1.165, 1.54) is 0 Å². The van der Waals surface area contributed by atoms with Crippen LogP contribution in [0, 0.1) is 12.3 Å². The van der Waals surface area contributed by atoms with E-state index in [0.717, 1.165) is 33.5 Å². The standard InChI is InChI=1S/C29H30N4O/c1-20-11-8-9-15-23(20)24-17-25(21-12-6-5-7-13-21)31-19-26(24)32-28(34)33-27(29(2,3)4)22-14-10-16-30-18-22/h5-19,27H,1-4H3,(H2,32,33,34)/t27-/m0/s1. The van der Waals surface area contributed by atoms with E-state index in [1.807, 2.05) is 60.7 Å². The highest BCUT2D eigenvalue weighted by Gasteiger charge is 2.28. The molecule has 0 aliphatic carbocycles. The van der Waals surface area contributed by atoms with Gasteiger partial charge in [-0.05, 0) is 41.2 Å². The van der Waals surface area contributed by atoms with Crippen LogP contribution in [0.4, 0.5) is 10.5 Å². The lowest BCUT2D eigenvalue weighted by molar-refractivity contribution is 0.229. The second-order valence-corrected chi connectivity index (χ2v) is 9.48. The number of nitrogens with zero attached hydrogens (tertiary/aromatic N) is 2. The Bertz CT molecular complexity index is 1260. The van der Waals surface area contributed by atoms with Crippen LogP contribution < -0.4 is 10.6 Å². The monoisotopic (exact) mass is 450 g/mol. The van der Waals surface area contributed by atoms with Gasteiger partial charge in [0.25, 0.3) is 0 Å². The number of hydrogen-bond donors (Lipinski definition) is 2. The van der Waals surface area contributed by atoms with Crippen LogP contribution in [-0.4, -0.2) is 16.0 Å². The average Bonchev–Trinajstić information content (AvgIpc) is 2.84. The third kappa shape index (κ3) is 5.31. The van der Waals surface area contributed by atoms with Crippen LogP contribution >= 0.6 is 0 Å². The van der Waals surface area contributed by atoms with Gasteiger partial charge in [0.05, 0.1) is 23.6 Å². The summed E-state index contributed by atoms with van der Waals surface area (Å²) in [6, 6.07) is 23.6. The number of rotatable bonds is 5. The van der Waals surface area contributed by atoms with Crippen molar-refractivity contribution >= 4 is 11.7 Å². The molecular formula is C29H30N4O. The Morgan fingerprint density at radius 2 is 1.62 bits per heavy atom. The van der Waals surface area contributed by atoms with Crippen LogP contribution in [0.3, 0.4) is 0 Å². The van der Waals surface area contributed by atoms with E-state index in [9.17, 15) is 4.79 Å². The van der Waals surface area contributed by atoms with Gasteiger partial charge in [0, 0.05) is 23.5 Å². The highest BCUT2D eigenvalue weighted by molar-refractivity contribution is 5.95. The minimum atomic E-state index is -0.284. The topological polar surface area (TPSA) is 66.9 Å². The van der Waals surface area contributed by atoms with Crippen molar-refractivity contribution in [2.24, 2.45) is 5.41 Å². The van der Waals surface area contributed by atoms with Crippen LogP contribution in [0.1, 0.15) is 37.9 Å². The number of hydrogen-bond acceptors (Lipinski definition) is 3. The third-order valence-electron chi connectivity index (χ3n) is 5.82. The van der Waals surface area contributed by atoms with Gasteiger partial charge < -0.3 is 10.6 Å². The number of amides is 2. The highest BCUT2D eigenvalue weighted by atomic mass is 16.2. The van der Waals surface area contributed by atoms with Gasteiger partial charge in [0.1, 0.15) is 0 Å². The second kappa shape index (κ2) is 9.87. The van der Waals surface area contributed by atoms with E-state index >= 15 is 0 Å². The molecule has 0 aliphatic rings. The zero-order valence-electron chi connectivity index (χ0n) is 20.0. The number of pyridine rings is 2. The number of aromatic nitrogens is 2. The summed E-state index contributed by atoms with van der Waals surface area (Å²) in [5.74, 6) is 0. The Hall–Kier alpha value is -3.99. The summed E-state index contributed by atoms with van der Waals surface area (Å²) in [6.45, 7) is 8.36. The molecule has 5 heteroatoms. The fraction of sp³-hybridized carbons (Fsp3) is 0.207. The van der Waals surface area contributed by atoms with Crippen LogP contribution in [-0.2, 0) is 0 Å². The molecule has 172 valence electrons. The molecule has 5 nitrogen and oxygen atoms in total. The maximum absolute atomic E-state index is 13.2. The highest BCUT2D eigenvalue weighted by Crippen LogP contribution is 2.35. The summed E-state index contributed by atoms with van der Waals surface area (Å²) in [6.07, 6.45) is 5.27. The zero-order chi connectivity index (χ0) is 24.1. The predicted molar refractivity (Wildman–Crippen MR) is 138 cm³/mol. The lowest BCUT2D eigenvalue weighted by Crippen LogP contribution is -2.39. The van der Waals surface area contributed by atoms with Gasteiger partial charge in [-0.15, -0.1) is 0 Å². The first-order valence-corrected chi connectivity index (χ1v) is 11.4. The second-order valence-electron chi connectivity index (χ2n) is 9.48. The Morgan fingerprint density at radius 1 is 0.882 bits per heavy atom. The first-order valence-electron chi connectivity index (χ1n) is 11.4. The van der Waals surface area contributed by atoms with Crippen molar-refractivity contribution in [3.8, 4) is 22.4 Å². The van der Waals surface area contributed by atoms with E-state index in [4.69, 9.17) is 0 Å². The molecule has 4 aromatic rings. The fourth-order valence-electron chi connectivity index (χ4n) is 4.06. The maximum atomic E-state index is 13.2. The maximum Gasteiger partial charge on any atom is 0.319 e. The largest absolute Gasteiger partial charge is 0.330 e. The van der Waals surface area contributed by atoms with E-state index in [0.29, 0.717) is 5.69 Å². The Kier molecular flexibility index (Phi) is 6.73. The van der Waals surface area contributed by atoms with E-state index in [1.54, 1.807) is 18.6 Å². The zero-order valence-corrected chi connectivity index (χ0v) is 20.0. The molecular weight excluding hydrogens is 420 g/mol. The van der Waals surface area contributed by atoms with Crippen LogP contribution in [0.25, 0.3) is 22.4 Å². The van der Waals surface area contributed by atoms with Crippen molar-refractivity contribution in [3.05, 3.63) is 103 Å². The van der Waals surface area contributed by atoms with Crippen LogP contribution in [0.2, 0.25) is 0 Å². The summed E-state index contributed by atoms with van der Waals surface area (Å²) >= 11 is 0. The molecule has 2 aromatic heterocycles. The average molecular weight is 451 g/mol. The van der Waals surface area contributed by atoms with Crippen LogP contribution in [0.5, 0.6) is 0 Å². The Morgan fingerprint density at radius 3 is 2.29 bits per heavy atom. The Labute approximate surface area is 201 Å². The smallest absolute Gasteiger partial charge is 0.319 e. The first kappa shape index (κ1) is 23.2. The molecule has 0 spiro atoms. The van der Waals surface area contributed by atoms with Gasteiger partial charge in [-0.3, -0.25) is 9.97 Å². The molecule has 2 heterocycles. The Balaban J connectivity index is 1.68. The van der Waals surface area contributed by atoms with E-state index in [-0.39, 0.29) is 17.5 Å². The lowest BCUT2D eigenvalue weighted by Gasteiger charge is -2.31. The van der Waals surface area contributed by atoms with Gasteiger partial charge in [0.15, 0.2) is 0 Å². The number of carbonyl (C=O) groups excluding carboxylic acids is 1. The number of benzene rings is 2. The molecule has 1 atom stereocenters. The van der Waals surface area contributed by atoms with Crippen molar-refractivity contribution in [1.29, 1.82) is 0 Å². The minimum Gasteiger partial charge on any atom is -0.330 e. The van der Waals surface area contributed by atoms with Gasteiger partial charge in [-0.2, -0.15) is 0 Å². The molecule has 4 rings (SSSR count). The van der Waals surface area contributed by atoms with E-state index < -0.39 is 0 Å². The van der Waals surface area contributed by atoms with Crippen molar-refractivity contribution in [1.82, 2.24) is 15.3 Å². The van der Waals surface area contributed by atoms with Crippen LogP contribution in [0.15, 0.2) is 91.4 Å². The molecule has 2 aromatic carbocycles. The summed E-state index contributed by atoms with van der Waals surface area (Å²) in [5.41, 5.74) is 6.40. The van der Waals surface area contributed by atoms with Crippen molar-refractivity contribution in [2.75, 3.05) is 5.32 Å². The summed E-state index contributed by atoms with van der Waals surface area (Å²) in [5, 5.41) is 6.20. The minimum absolute atomic E-state index is 0.200. The molecule has 0 saturated heterocycles. The fourth-order valence-corrected chi connectivity index (χ4v) is 4.06. The SMILES string of the molecule is Cc1ccccc1-c1cc(-c2ccccc2)ncc1NC(=O)N[C@@H](c1cccnc1)C(C)(C)C. The molecule has 2 amide bonds. The number of nitrogens with one attached hydrogen (secondary N) is 2. The van der Waals surface area contributed by atoms with Gasteiger partial charge >= 0.3 is 6.03 Å². The predicted octanol–water partition coefficient (Wildman–Crippen LogP) is 7.03. The molecule has 0 aliphatic heterocycles. The molecule has 0 bridgehead atoms. The molecule has 0 saturated carbocycles. The number of urea groups is 1. The molecule has 0 fully saturated rings. The third-order valence-corrected chi connectivity index (χ3v) is 5.82. The van der Waals surface area contributed by atoms with Crippen molar-refractivity contribution in [2.45, 2.75) is 33.7 Å². The molecule has 2 N–H and O–H groups in total. The summed E-state index contributed by atoms with van der Waals surface area (Å²) in [7, 11) is 0. The van der Waals surface area contributed by atoms with Crippen molar-refractivity contribution < 1.29 is 4.79 Å². The molecule has 0 radical (unpaired) electrons. The number of anilines is 1. The lowest BCUT2D eigenvalue weighted by atomic mass is 9.83.